The van der Waals surface area contributed by atoms with Crippen LogP contribution < -0.4 is 0 Å². The van der Waals surface area contributed by atoms with E-state index in [4.69, 9.17) is 0 Å². The molecule has 198 valence electrons. The molecule has 2 aromatic rings. The highest BCUT2D eigenvalue weighted by atomic mass is 32.1. The van der Waals surface area contributed by atoms with Crippen molar-refractivity contribution in [3.63, 3.8) is 0 Å². The second kappa shape index (κ2) is 20.0. The van der Waals surface area contributed by atoms with Gasteiger partial charge in [0.25, 0.3) is 0 Å². The van der Waals surface area contributed by atoms with E-state index in [0.717, 1.165) is 18.8 Å². The van der Waals surface area contributed by atoms with E-state index in [9.17, 15) is 4.79 Å². The molecule has 0 aliphatic carbocycles. The molecule has 1 atom stereocenters. The first-order valence-corrected chi connectivity index (χ1v) is 13.8. The maximum absolute atomic E-state index is 11.7. The average molecular weight is 501 g/mol. The Balaban J connectivity index is 0. The van der Waals surface area contributed by atoms with Gasteiger partial charge in [-0.15, -0.1) is 37.7 Å². The lowest BCUT2D eigenvalue weighted by molar-refractivity contribution is -0.132. The third-order valence-electron chi connectivity index (χ3n) is 5.24. The van der Waals surface area contributed by atoms with Crippen LogP contribution in [0.1, 0.15) is 85.4 Å². The molecule has 3 nitrogen and oxygen atoms in total. The number of aryl methyl sites for hydroxylation is 2. The Bertz CT molecular complexity index is 787. The predicted molar refractivity (Wildman–Crippen MR) is 159 cm³/mol. The summed E-state index contributed by atoms with van der Waals surface area (Å²) in [6.45, 7) is 30.8. The Morgan fingerprint density at radius 1 is 1.11 bits per heavy atom. The Kier molecular flexibility index (Phi) is 20.0. The number of rotatable bonds is 5. The fourth-order valence-electron chi connectivity index (χ4n) is 3.51. The number of hydrogen-bond donors (Lipinski definition) is 0. The Morgan fingerprint density at radius 2 is 1.69 bits per heavy atom. The lowest BCUT2D eigenvalue weighted by atomic mass is 9.92. The fraction of sp³-hybridized carbons (Fsp3) is 0.548. The topological polar surface area (TPSA) is 33.2 Å². The maximum Gasteiger partial charge on any atom is 0.223 e. The third kappa shape index (κ3) is 14.7. The van der Waals surface area contributed by atoms with Crippen LogP contribution in [-0.2, 0) is 11.2 Å². The summed E-state index contributed by atoms with van der Waals surface area (Å²) in [7, 11) is 0. The zero-order chi connectivity index (χ0) is 27.4. The normalized spacial score (nSPS) is 14.1. The van der Waals surface area contributed by atoms with Crippen LogP contribution in [0.4, 0.5) is 0 Å². The number of likely N-dealkylation sites (tertiary alicyclic amines) is 1. The molecule has 1 amide bonds. The van der Waals surface area contributed by atoms with E-state index >= 15 is 0 Å². The van der Waals surface area contributed by atoms with Crippen molar-refractivity contribution in [1.82, 2.24) is 9.88 Å². The fourth-order valence-corrected chi connectivity index (χ4v) is 4.32. The van der Waals surface area contributed by atoms with Crippen LogP contribution in [0.3, 0.4) is 0 Å². The van der Waals surface area contributed by atoms with Gasteiger partial charge in [0.15, 0.2) is 0 Å². The second-order valence-corrected chi connectivity index (χ2v) is 10.4. The van der Waals surface area contributed by atoms with E-state index in [1.165, 1.54) is 41.7 Å². The summed E-state index contributed by atoms with van der Waals surface area (Å²) in [4.78, 5) is 19.3. The van der Waals surface area contributed by atoms with E-state index in [1.54, 1.807) is 11.3 Å². The molecule has 1 fully saturated rings. The van der Waals surface area contributed by atoms with E-state index < -0.39 is 0 Å². The number of benzene rings is 1. The van der Waals surface area contributed by atoms with Gasteiger partial charge < -0.3 is 4.90 Å². The number of carbonyl (C=O) groups excluding carboxylic acids is 1. The number of thiazole rings is 1. The molecule has 0 spiro atoms. The predicted octanol–water partition coefficient (Wildman–Crippen LogP) is 9.38. The van der Waals surface area contributed by atoms with Crippen molar-refractivity contribution in [2.24, 2.45) is 11.3 Å². The zero-order valence-corrected chi connectivity index (χ0v) is 24.8. The highest BCUT2D eigenvalue weighted by Gasteiger charge is 2.26. The molecule has 0 bridgehead atoms. The first kappa shape index (κ1) is 35.0. The quantitative estimate of drug-likeness (QED) is 0.383. The number of nitrogens with zero attached hydrogens (tertiary/aromatic N) is 2. The minimum atomic E-state index is 0.128. The summed E-state index contributed by atoms with van der Waals surface area (Å²) in [5.74, 6) is 1.03. The Morgan fingerprint density at radius 3 is 2.09 bits per heavy atom. The standard InChI is InChI=1S/C14H17NS.C11H21NO.C2H6.2C2H4/c1-3-4-5-12-6-8-13(9-7-12)14-11(2)15-10-16-14;1-9-5-6-12(8-9)10(13)7-11(2,3)4;3*1-2/h6-10H,3-5H2,1-2H3;9H,5-8H2,1-4H3;1-2H3;2*1-2H2. The van der Waals surface area contributed by atoms with Gasteiger partial charge in [-0.05, 0) is 48.6 Å². The van der Waals surface area contributed by atoms with Gasteiger partial charge in [-0.3, -0.25) is 4.79 Å². The molecule has 0 N–H and O–H groups in total. The number of amides is 1. The second-order valence-electron chi connectivity index (χ2n) is 9.54. The lowest BCUT2D eigenvalue weighted by Crippen LogP contribution is -2.31. The number of aromatic nitrogens is 1. The van der Waals surface area contributed by atoms with Gasteiger partial charge in [0.2, 0.25) is 5.91 Å². The van der Waals surface area contributed by atoms with Crippen molar-refractivity contribution in [2.45, 2.75) is 87.5 Å². The average Bonchev–Trinajstić information content (AvgIpc) is 3.49. The molecule has 1 aliphatic heterocycles. The molecule has 1 saturated heterocycles. The number of hydrogen-bond acceptors (Lipinski definition) is 3. The van der Waals surface area contributed by atoms with Crippen LogP contribution in [0.2, 0.25) is 0 Å². The highest BCUT2D eigenvalue weighted by molar-refractivity contribution is 7.13. The largest absolute Gasteiger partial charge is 0.342 e. The summed E-state index contributed by atoms with van der Waals surface area (Å²) >= 11 is 1.72. The lowest BCUT2D eigenvalue weighted by Gasteiger charge is -2.22. The summed E-state index contributed by atoms with van der Waals surface area (Å²) in [6, 6.07) is 8.91. The first-order valence-electron chi connectivity index (χ1n) is 13.0. The van der Waals surface area contributed by atoms with Gasteiger partial charge in [0.05, 0.1) is 16.1 Å². The van der Waals surface area contributed by atoms with Crippen molar-refractivity contribution in [3.8, 4) is 10.4 Å². The van der Waals surface area contributed by atoms with Crippen molar-refractivity contribution >= 4 is 17.2 Å². The molecule has 0 saturated carbocycles. The van der Waals surface area contributed by atoms with Crippen molar-refractivity contribution < 1.29 is 4.79 Å². The Labute approximate surface area is 221 Å². The van der Waals surface area contributed by atoms with E-state index in [-0.39, 0.29) is 5.41 Å². The van der Waals surface area contributed by atoms with Crippen LogP contribution >= 0.6 is 11.3 Å². The zero-order valence-electron chi connectivity index (χ0n) is 24.0. The smallest absolute Gasteiger partial charge is 0.223 e. The molecule has 2 heterocycles. The van der Waals surface area contributed by atoms with Crippen LogP contribution in [0, 0.1) is 18.3 Å². The van der Waals surface area contributed by atoms with Crippen LogP contribution in [-0.4, -0.2) is 28.9 Å². The molecule has 0 radical (unpaired) electrons. The minimum absolute atomic E-state index is 0.128. The molecule has 1 unspecified atom stereocenters. The van der Waals surface area contributed by atoms with Crippen molar-refractivity contribution in [3.05, 3.63) is 67.3 Å². The number of unbranched alkanes of at least 4 members (excludes halogenated alkanes) is 1. The molecule has 4 heteroatoms. The SMILES string of the molecule is C=C.C=C.CC.CC1CCN(C(=O)CC(C)(C)C)C1.CCCCc1ccc(-c2scnc2C)cc1. The summed E-state index contributed by atoms with van der Waals surface area (Å²) < 4.78 is 0. The molecule has 3 rings (SSSR count). The van der Waals surface area contributed by atoms with E-state index in [2.05, 4.69) is 97.1 Å². The summed E-state index contributed by atoms with van der Waals surface area (Å²) in [5, 5.41) is 0. The Hall–Kier alpha value is -2.20. The van der Waals surface area contributed by atoms with Crippen molar-refractivity contribution in [2.75, 3.05) is 13.1 Å². The van der Waals surface area contributed by atoms with Crippen LogP contribution in [0.5, 0.6) is 0 Å². The van der Waals surface area contributed by atoms with E-state index in [0.29, 0.717) is 18.2 Å². The summed E-state index contributed by atoms with van der Waals surface area (Å²) in [5.41, 5.74) is 5.90. The van der Waals surface area contributed by atoms with Gasteiger partial charge in [0, 0.05) is 19.5 Å². The molecular weight excluding hydrogens is 448 g/mol. The first-order chi connectivity index (χ1) is 16.7. The molecule has 35 heavy (non-hydrogen) atoms. The monoisotopic (exact) mass is 500 g/mol. The van der Waals surface area contributed by atoms with Gasteiger partial charge in [-0.2, -0.15) is 0 Å². The van der Waals surface area contributed by atoms with E-state index in [1.807, 2.05) is 24.3 Å². The molecule has 1 aliphatic rings. The van der Waals surface area contributed by atoms with Crippen LogP contribution in [0.15, 0.2) is 56.1 Å². The minimum Gasteiger partial charge on any atom is -0.342 e. The summed E-state index contributed by atoms with van der Waals surface area (Å²) in [6.07, 6.45) is 5.59. The van der Waals surface area contributed by atoms with Crippen LogP contribution in [0.25, 0.3) is 10.4 Å². The van der Waals surface area contributed by atoms with Gasteiger partial charge >= 0.3 is 0 Å². The number of carbonyl (C=O) groups is 1. The molecular formula is C31H52N2OS. The molecule has 1 aromatic carbocycles. The van der Waals surface area contributed by atoms with Gasteiger partial charge in [-0.25, -0.2) is 4.98 Å². The van der Waals surface area contributed by atoms with Gasteiger partial charge in [-0.1, -0.05) is 79.2 Å². The highest BCUT2D eigenvalue weighted by Crippen LogP contribution is 2.27. The maximum atomic E-state index is 11.7. The third-order valence-corrected chi connectivity index (χ3v) is 6.22. The van der Waals surface area contributed by atoms with Gasteiger partial charge in [0.1, 0.15) is 0 Å². The van der Waals surface area contributed by atoms with Crippen molar-refractivity contribution in [1.29, 1.82) is 0 Å². The molecule has 1 aromatic heterocycles.